The Kier molecular flexibility index (Phi) is 7.49. The second kappa shape index (κ2) is 8.03. The van der Waals surface area contributed by atoms with Crippen molar-refractivity contribution in [2.45, 2.75) is 26.3 Å². The predicted molar refractivity (Wildman–Crippen MR) is 65.5 cm³/mol. The fraction of sp³-hybridized carbons (Fsp3) is 0.818. The number of carbonyl (C=O) groups is 2. The maximum absolute atomic E-state index is 11.3. The van der Waals surface area contributed by atoms with Crippen molar-refractivity contribution in [1.82, 2.24) is 10.2 Å². The summed E-state index contributed by atoms with van der Waals surface area (Å²) in [5, 5.41) is 2.10. The first-order chi connectivity index (χ1) is 7.86. The molecule has 0 radical (unpaired) electrons. The first-order valence-electron chi connectivity index (χ1n) is 5.68. The van der Waals surface area contributed by atoms with Crippen LogP contribution in [0.2, 0.25) is 0 Å². The molecule has 0 heterocycles. The highest BCUT2D eigenvalue weighted by Gasteiger charge is 2.12. The van der Waals surface area contributed by atoms with Gasteiger partial charge in [0.1, 0.15) is 0 Å². The molecule has 0 saturated carbocycles. The number of carbonyl (C=O) groups excluding carboxylic acids is 2. The maximum atomic E-state index is 11.3. The van der Waals surface area contributed by atoms with Crippen LogP contribution in [0.25, 0.3) is 0 Å². The zero-order chi connectivity index (χ0) is 13.4. The minimum atomic E-state index is -0.734. The van der Waals surface area contributed by atoms with Gasteiger partial charge >= 0.3 is 6.09 Å². The van der Waals surface area contributed by atoms with Gasteiger partial charge in [-0.15, -0.1) is 0 Å². The van der Waals surface area contributed by atoms with Crippen molar-refractivity contribution in [2.75, 3.05) is 27.2 Å². The molecule has 0 aromatic rings. The first kappa shape index (κ1) is 15.9. The molecule has 0 rings (SSSR count). The Balaban J connectivity index is 3.82. The topological polar surface area (TPSA) is 84.7 Å². The summed E-state index contributed by atoms with van der Waals surface area (Å²) in [5.74, 6) is 0.0461. The zero-order valence-electron chi connectivity index (χ0n) is 11.0. The van der Waals surface area contributed by atoms with Crippen molar-refractivity contribution in [3.05, 3.63) is 0 Å². The minimum Gasteiger partial charge on any atom is -0.453 e. The fourth-order valence-electron chi connectivity index (χ4n) is 1.23. The van der Waals surface area contributed by atoms with Crippen molar-refractivity contribution >= 4 is 12.0 Å². The second-order valence-corrected chi connectivity index (χ2v) is 4.47. The Morgan fingerprint density at radius 3 is 2.47 bits per heavy atom. The van der Waals surface area contributed by atoms with E-state index in [1.54, 1.807) is 0 Å². The molecule has 6 nitrogen and oxygen atoms in total. The molecule has 0 aliphatic heterocycles. The molecule has 0 fully saturated rings. The fourth-order valence-corrected chi connectivity index (χ4v) is 1.23. The summed E-state index contributed by atoms with van der Waals surface area (Å²) in [4.78, 5) is 23.9. The number of alkyl carbamates (subject to hydrolysis) is 1. The van der Waals surface area contributed by atoms with E-state index in [1.165, 1.54) is 7.11 Å². The molecule has 0 aromatic carbocycles. The molecule has 0 saturated heterocycles. The molecule has 1 atom stereocenters. The van der Waals surface area contributed by atoms with E-state index >= 15 is 0 Å². The van der Waals surface area contributed by atoms with Gasteiger partial charge in [0.05, 0.1) is 13.7 Å². The maximum Gasteiger partial charge on any atom is 0.413 e. The standard InChI is InChI=1S/C11H23N3O3/c1-8(2)9(12)5-6-14(3)7-10(15)13-11(16)17-4/h8-9H,5-7,12H2,1-4H3,(H,13,15,16). The molecule has 0 aromatic heterocycles. The monoisotopic (exact) mass is 245 g/mol. The van der Waals surface area contributed by atoms with Crippen LogP contribution in [0.1, 0.15) is 20.3 Å². The van der Waals surface area contributed by atoms with Gasteiger partial charge in [-0.3, -0.25) is 15.0 Å². The molecular weight excluding hydrogens is 222 g/mol. The van der Waals surface area contributed by atoms with E-state index in [1.807, 2.05) is 11.9 Å². The molecule has 6 heteroatoms. The lowest BCUT2D eigenvalue weighted by Gasteiger charge is -2.20. The zero-order valence-corrected chi connectivity index (χ0v) is 11.0. The first-order valence-corrected chi connectivity index (χ1v) is 5.68. The molecule has 3 N–H and O–H groups in total. The van der Waals surface area contributed by atoms with Crippen molar-refractivity contribution in [2.24, 2.45) is 11.7 Å². The number of methoxy groups -OCH3 is 1. The normalized spacial score (nSPS) is 12.6. The van der Waals surface area contributed by atoms with E-state index in [2.05, 4.69) is 23.9 Å². The van der Waals surface area contributed by atoms with Gasteiger partial charge in [0, 0.05) is 6.04 Å². The predicted octanol–water partition coefficient (Wildman–Crippen LogP) is 0.174. The molecular formula is C11H23N3O3. The van der Waals surface area contributed by atoms with E-state index in [0.717, 1.165) is 6.42 Å². The number of rotatable bonds is 6. The highest BCUT2D eigenvalue weighted by Crippen LogP contribution is 2.03. The number of nitrogens with one attached hydrogen (secondary N) is 1. The molecule has 0 spiro atoms. The highest BCUT2D eigenvalue weighted by atomic mass is 16.5. The molecule has 0 aliphatic rings. The number of nitrogens with two attached hydrogens (primary N) is 1. The van der Waals surface area contributed by atoms with Gasteiger partial charge in [-0.25, -0.2) is 4.79 Å². The van der Waals surface area contributed by atoms with Crippen LogP contribution in [-0.4, -0.2) is 50.2 Å². The molecule has 100 valence electrons. The Labute approximate surface area is 102 Å². The van der Waals surface area contributed by atoms with Crippen LogP contribution in [0, 0.1) is 5.92 Å². The van der Waals surface area contributed by atoms with Gasteiger partial charge in [-0.2, -0.15) is 0 Å². The Hall–Kier alpha value is -1.14. The van der Waals surface area contributed by atoms with Gasteiger partial charge in [0.15, 0.2) is 0 Å². The van der Waals surface area contributed by atoms with Crippen LogP contribution in [0.4, 0.5) is 4.79 Å². The molecule has 2 amide bonds. The third-order valence-corrected chi connectivity index (χ3v) is 2.54. The summed E-state index contributed by atoms with van der Waals surface area (Å²) in [7, 11) is 3.03. The van der Waals surface area contributed by atoms with Gasteiger partial charge in [-0.1, -0.05) is 13.8 Å². The molecule has 17 heavy (non-hydrogen) atoms. The summed E-state index contributed by atoms with van der Waals surface area (Å²) in [6.45, 7) is 5.00. The highest BCUT2D eigenvalue weighted by molar-refractivity contribution is 5.92. The van der Waals surface area contributed by atoms with Crippen molar-refractivity contribution in [3.8, 4) is 0 Å². The Morgan fingerprint density at radius 1 is 1.41 bits per heavy atom. The lowest BCUT2D eigenvalue weighted by Crippen LogP contribution is -2.40. The number of amides is 2. The largest absolute Gasteiger partial charge is 0.453 e. The summed E-state index contributed by atoms with van der Waals surface area (Å²) in [5.41, 5.74) is 5.90. The molecule has 0 bridgehead atoms. The van der Waals surface area contributed by atoms with E-state index in [9.17, 15) is 9.59 Å². The van der Waals surface area contributed by atoms with Crippen LogP contribution >= 0.6 is 0 Å². The van der Waals surface area contributed by atoms with Gasteiger partial charge in [0.2, 0.25) is 5.91 Å². The van der Waals surface area contributed by atoms with Crippen LogP contribution in [-0.2, 0) is 9.53 Å². The second-order valence-electron chi connectivity index (χ2n) is 4.47. The van der Waals surface area contributed by atoms with Crippen molar-refractivity contribution < 1.29 is 14.3 Å². The lowest BCUT2D eigenvalue weighted by molar-refractivity contribution is -0.121. The van der Waals surface area contributed by atoms with Crippen LogP contribution < -0.4 is 11.1 Å². The summed E-state index contributed by atoms with van der Waals surface area (Å²) < 4.78 is 4.32. The number of hydrogen-bond acceptors (Lipinski definition) is 5. The number of nitrogens with zero attached hydrogens (tertiary/aromatic N) is 1. The lowest BCUT2D eigenvalue weighted by atomic mass is 10.0. The van der Waals surface area contributed by atoms with E-state index in [-0.39, 0.29) is 18.5 Å². The number of likely N-dealkylation sites (N-methyl/N-ethyl adjacent to an activating group) is 1. The summed E-state index contributed by atoms with van der Waals surface area (Å²) in [6, 6.07) is 0.126. The van der Waals surface area contributed by atoms with Crippen LogP contribution in [0.3, 0.4) is 0 Å². The average molecular weight is 245 g/mol. The summed E-state index contributed by atoms with van der Waals surface area (Å²) in [6.07, 6.45) is 0.0851. The minimum absolute atomic E-state index is 0.126. The van der Waals surface area contributed by atoms with E-state index in [4.69, 9.17) is 5.73 Å². The van der Waals surface area contributed by atoms with Gasteiger partial charge < -0.3 is 10.5 Å². The number of imide groups is 1. The third kappa shape index (κ3) is 7.70. The van der Waals surface area contributed by atoms with Crippen LogP contribution in [0.5, 0.6) is 0 Å². The average Bonchev–Trinajstić information content (AvgIpc) is 2.25. The number of ether oxygens (including phenoxy) is 1. The van der Waals surface area contributed by atoms with Crippen molar-refractivity contribution in [3.63, 3.8) is 0 Å². The van der Waals surface area contributed by atoms with Crippen molar-refractivity contribution in [1.29, 1.82) is 0 Å². The number of hydrogen-bond donors (Lipinski definition) is 2. The quantitative estimate of drug-likeness (QED) is 0.697. The smallest absolute Gasteiger partial charge is 0.413 e. The van der Waals surface area contributed by atoms with Gasteiger partial charge in [-0.05, 0) is 25.9 Å². The van der Waals surface area contributed by atoms with Gasteiger partial charge in [0.25, 0.3) is 0 Å². The summed E-state index contributed by atoms with van der Waals surface area (Å²) >= 11 is 0. The Morgan fingerprint density at radius 2 is 2.00 bits per heavy atom. The SMILES string of the molecule is COC(=O)NC(=O)CN(C)CCC(N)C(C)C. The van der Waals surface area contributed by atoms with E-state index < -0.39 is 6.09 Å². The Bertz CT molecular complexity index is 256. The van der Waals surface area contributed by atoms with Crippen LogP contribution in [0.15, 0.2) is 0 Å². The third-order valence-electron chi connectivity index (χ3n) is 2.54. The van der Waals surface area contributed by atoms with E-state index in [0.29, 0.717) is 12.5 Å². The molecule has 1 unspecified atom stereocenters. The molecule has 0 aliphatic carbocycles.